The highest BCUT2D eigenvalue weighted by atomic mass is 16.6. The van der Waals surface area contributed by atoms with Crippen LogP contribution >= 0.6 is 0 Å². The summed E-state index contributed by atoms with van der Waals surface area (Å²) in [5.41, 5.74) is 0.696. The molecule has 0 bridgehead atoms. The van der Waals surface area contributed by atoms with Gasteiger partial charge >= 0.3 is 6.09 Å². The van der Waals surface area contributed by atoms with E-state index in [-0.39, 0.29) is 0 Å². The van der Waals surface area contributed by atoms with Gasteiger partial charge in [0.15, 0.2) is 11.5 Å². The van der Waals surface area contributed by atoms with Gasteiger partial charge in [0.2, 0.25) is 0 Å². The molecule has 0 saturated heterocycles. The predicted molar refractivity (Wildman–Crippen MR) is 79.5 cm³/mol. The van der Waals surface area contributed by atoms with Crippen LogP contribution in [0.15, 0.2) is 18.7 Å². The van der Waals surface area contributed by atoms with Gasteiger partial charge in [-0.15, -0.1) is 0 Å². The van der Waals surface area contributed by atoms with E-state index >= 15 is 0 Å². The molecule has 0 aromatic heterocycles. The van der Waals surface area contributed by atoms with Gasteiger partial charge in [0.1, 0.15) is 5.60 Å². The van der Waals surface area contributed by atoms with E-state index in [9.17, 15) is 4.79 Å². The number of hydrogen-bond donors (Lipinski definition) is 1. The van der Waals surface area contributed by atoms with E-state index in [1.54, 1.807) is 39.0 Å². The number of nitrogens with one attached hydrogen (secondary N) is 1. The molecule has 5 heteroatoms. The SMILES string of the molecule is C=Cc1cc(NC(=O)OC(C)(C)C)c(OC)c(OC)c1. The van der Waals surface area contributed by atoms with E-state index in [0.717, 1.165) is 5.56 Å². The second-order valence-corrected chi connectivity index (χ2v) is 5.13. The van der Waals surface area contributed by atoms with Crippen molar-refractivity contribution in [3.8, 4) is 11.5 Å². The molecule has 0 unspecified atom stereocenters. The molecule has 20 heavy (non-hydrogen) atoms. The van der Waals surface area contributed by atoms with Gasteiger partial charge in [-0.2, -0.15) is 0 Å². The molecule has 1 rings (SSSR count). The Morgan fingerprint density at radius 2 is 1.90 bits per heavy atom. The molecule has 0 heterocycles. The first-order valence-corrected chi connectivity index (χ1v) is 6.19. The Morgan fingerprint density at radius 3 is 2.35 bits per heavy atom. The molecule has 0 aliphatic heterocycles. The minimum absolute atomic E-state index is 0.434. The summed E-state index contributed by atoms with van der Waals surface area (Å²) < 4.78 is 15.7. The molecule has 0 saturated carbocycles. The van der Waals surface area contributed by atoms with Crippen LogP contribution in [0.2, 0.25) is 0 Å². The van der Waals surface area contributed by atoms with Crippen LogP contribution in [0.1, 0.15) is 26.3 Å². The predicted octanol–water partition coefficient (Wildman–Crippen LogP) is 3.69. The van der Waals surface area contributed by atoms with Crippen LogP contribution < -0.4 is 14.8 Å². The maximum Gasteiger partial charge on any atom is 0.412 e. The molecule has 0 fully saturated rings. The molecule has 110 valence electrons. The number of ether oxygens (including phenoxy) is 3. The fraction of sp³-hybridized carbons (Fsp3) is 0.400. The average molecular weight is 279 g/mol. The Morgan fingerprint density at radius 1 is 1.25 bits per heavy atom. The fourth-order valence-electron chi connectivity index (χ4n) is 1.61. The summed E-state index contributed by atoms with van der Waals surface area (Å²) in [5, 5.41) is 2.65. The zero-order valence-electron chi connectivity index (χ0n) is 12.6. The molecule has 1 amide bonds. The molecule has 1 N–H and O–H groups in total. The highest BCUT2D eigenvalue weighted by Crippen LogP contribution is 2.37. The highest BCUT2D eigenvalue weighted by Gasteiger charge is 2.19. The maximum atomic E-state index is 11.8. The van der Waals surface area contributed by atoms with Crippen molar-refractivity contribution in [1.82, 2.24) is 0 Å². The molecule has 1 aromatic carbocycles. The zero-order chi connectivity index (χ0) is 15.3. The number of methoxy groups -OCH3 is 2. The van der Waals surface area contributed by atoms with Crippen molar-refractivity contribution >= 4 is 17.9 Å². The lowest BCUT2D eigenvalue weighted by Crippen LogP contribution is -2.27. The average Bonchev–Trinajstić information content (AvgIpc) is 2.35. The first-order chi connectivity index (χ1) is 9.30. The lowest BCUT2D eigenvalue weighted by atomic mass is 10.1. The molecule has 0 atom stereocenters. The third-order valence-corrected chi connectivity index (χ3v) is 2.37. The first kappa shape index (κ1) is 15.9. The van der Waals surface area contributed by atoms with Gasteiger partial charge in [-0.1, -0.05) is 12.7 Å². The van der Waals surface area contributed by atoms with Crippen molar-refractivity contribution in [3.05, 3.63) is 24.3 Å². The number of rotatable bonds is 4. The second-order valence-electron chi connectivity index (χ2n) is 5.13. The molecular weight excluding hydrogens is 258 g/mol. The lowest BCUT2D eigenvalue weighted by Gasteiger charge is -2.21. The minimum Gasteiger partial charge on any atom is -0.493 e. The molecule has 5 nitrogen and oxygen atoms in total. The van der Waals surface area contributed by atoms with Crippen molar-refractivity contribution in [1.29, 1.82) is 0 Å². The summed E-state index contributed by atoms with van der Waals surface area (Å²) in [7, 11) is 3.04. The smallest absolute Gasteiger partial charge is 0.412 e. The molecule has 0 aliphatic carbocycles. The fourth-order valence-corrected chi connectivity index (χ4v) is 1.61. The van der Waals surface area contributed by atoms with Gasteiger partial charge in [0, 0.05) is 0 Å². The summed E-state index contributed by atoms with van der Waals surface area (Å²) in [6, 6.07) is 3.50. The van der Waals surface area contributed by atoms with Crippen LogP contribution in [0.25, 0.3) is 6.08 Å². The van der Waals surface area contributed by atoms with Crippen LogP contribution in [0.4, 0.5) is 10.5 Å². The lowest BCUT2D eigenvalue weighted by molar-refractivity contribution is 0.0635. The van der Waals surface area contributed by atoms with E-state index in [0.29, 0.717) is 17.2 Å². The standard InChI is InChI=1S/C15H21NO4/c1-7-10-8-11(13(19-6)12(9-10)18-5)16-14(17)20-15(2,3)4/h7-9H,1H2,2-6H3,(H,16,17). The van der Waals surface area contributed by atoms with Crippen molar-refractivity contribution in [2.75, 3.05) is 19.5 Å². The Kier molecular flexibility index (Phi) is 5.02. The van der Waals surface area contributed by atoms with Crippen LogP contribution in [0, 0.1) is 0 Å². The highest BCUT2D eigenvalue weighted by molar-refractivity contribution is 5.88. The monoisotopic (exact) mass is 279 g/mol. The van der Waals surface area contributed by atoms with E-state index in [2.05, 4.69) is 11.9 Å². The number of carbonyl (C=O) groups is 1. The third kappa shape index (κ3) is 4.19. The first-order valence-electron chi connectivity index (χ1n) is 6.19. The Bertz CT molecular complexity index is 503. The van der Waals surface area contributed by atoms with Crippen LogP contribution in [-0.4, -0.2) is 25.9 Å². The summed E-state index contributed by atoms with van der Waals surface area (Å²) >= 11 is 0. The van der Waals surface area contributed by atoms with Crippen molar-refractivity contribution < 1.29 is 19.0 Å². The van der Waals surface area contributed by atoms with E-state index in [1.807, 2.05) is 0 Å². The molecule has 1 aromatic rings. The third-order valence-electron chi connectivity index (χ3n) is 2.37. The van der Waals surface area contributed by atoms with Gasteiger partial charge in [-0.3, -0.25) is 5.32 Å². The number of anilines is 1. The Balaban J connectivity index is 3.09. The minimum atomic E-state index is -0.572. The van der Waals surface area contributed by atoms with Gasteiger partial charge in [-0.25, -0.2) is 4.79 Å². The van der Waals surface area contributed by atoms with Crippen molar-refractivity contribution in [2.45, 2.75) is 26.4 Å². The molecule has 0 aliphatic rings. The molecular formula is C15H21NO4. The second kappa shape index (κ2) is 6.32. The number of hydrogen-bond acceptors (Lipinski definition) is 4. The summed E-state index contributed by atoms with van der Waals surface area (Å²) in [5.74, 6) is 0.944. The van der Waals surface area contributed by atoms with Crippen molar-refractivity contribution in [3.63, 3.8) is 0 Å². The summed E-state index contributed by atoms with van der Waals surface area (Å²) in [6.45, 7) is 9.09. The van der Waals surface area contributed by atoms with Gasteiger partial charge in [-0.05, 0) is 38.5 Å². The maximum absolute atomic E-state index is 11.8. The normalized spacial score (nSPS) is 10.7. The topological polar surface area (TPSA) is 56.8 Å². The van der Waals surface area contributed by atoms with Gasteiger partial charge in [0.05, 0.1) is 19.9 Å². The molecule has 0 spiro atoms. The van der Waals surface area contributed by atoms with E-state index in [4.69, 9.17) is 14.2 Å². The summed E-state index contributed by atoms with van der Waals surface area (Å²) in [6.07, 6.45) is 1.10. The Hall–Kier alpha value is -2.17. The van der Waals surface area contributed by atoms with E-state index in [1.165, 1.54) is 14.2 Å². The van der Waals surface area contributed by atoms with Gasteiger partial charge < -0.3 is 14.2 Å². The van der Waals surface area contributed by atoms with E-state index < -0.39 is 11.7 Å². The zero-order valence-corrected chi connectivity index (χ0v) is 12.6. The quantitative estimate of drug-likeness (QED) is 0.913. The van der Waals surface area contributed by atoms with Crippen LogP contribution in [0.5, 0.6) is 11.5 Å². The molecule has 0 radical (unpaired) electrons. The van der Waals surface area contributed by atoms with Crippen LogP contribution in [-0.2, 0) is 4.74 Å². The van der Waals surface area contributed by atoms with Crippen molar-refractivity contribution in [2.24, 2.45) is 0 Å². The summed E-state index contributed by atoms with van der Waals surface area (Å²) in [4.78, 5) is 11.8. The largest absolute Gasteiger partial charge is 0.493 e. The number of benzene rings is 1. The van der Waals surface area contributed by atoms with Crippen LogP contribution in [0.3, 0.4) is 0 Å². The number of carbonyl (C=O) groups excluding carboxylic acids is 1. The number of amides is 1. The van der Waals surface area contributed by atoms with Gasteiger partial charge in [0.25, 0.3) is 0 Å². The Labute approximate surface area is 119 Å².